The van der Waals surface area contributed by atoms with Crippen molar-refractivity contribution < 1.29 is 0 Å². The Labute approximate surface area is 382 Å². The fourth-order valence-corrected chi connectivity index (χ4v) is 12.4. The van der Waals surface area contributed by atoms with Crippen LogP contribution >= 0.6 is 0 Å². The standard InChI is InChI=1S/C64H58/c1-35-23-49-55(29-41(35)7)63(56-30-42(8)36(2)24-50(56)61(49,13)51-25-37(3)43(9)31-57(51)63)21-19-47-15-17-48(18-16-47)20-22-64-58-32-44(10)38(4)26-52(58)62(14,53-27-39(5)45(11)33-59(53)64)54-28-40(6)46(12)34-60(54)64/h15-18,23-34H,1-14H3. The average Bonchev–Trinajstić information content (AvgIpc) is 3.25. The molecule has 4 bridgehead atoms. The first kappa shape index (κ1) is 40.4. The highest BCUT2D eigenvalue weighted by Gasteiger charge is 2.58. The lowest BCUT2D eigenvalue weighted by Gasteiger charge is -2.54. The predicted molar refractivity (Wildman–Crippen MR) is 267 cm³/mol. The Morgan fingerprint density at radius 2 is 0.406 bits per heavy atom. The summed E-state index contributed by atoms with van der Waals surface area (Å²) in [6, 6.07) is 38.3. The minimum atomic E-state index is -0.612. The van der Waals surface area contributed by atoms with Gasteiger partial charge in [0.1, 0.15) is 10.8 Å². The van der Waals surface area contributed by atoms with E-state index in [1.165, 1.54) is 134 Å². The summed E-state index contributed by atoms with van der Waals surface area (Å²) in [5, 5.41) is 0. The minimum absolute atomic E-state index is 0.276. The Bertz CT molecular complexity index is 2900. The Kier molecular flexibility index (Phi) is 8.29. The van der Waals surface area contributed by atoms with Crippen molar-refractivity contribution in [3.05, 3.63) is 242 Å². The molecule has 0 saturated carbocycles. The van der Waals surface area contributed by atoms with Gasteiger partial charge in [0.15, 0.2) is 0 Å². The van der Waals surface area contributed by atoms with Crippen LogP contribution in [0.4, 0.5) is 0 Å². The van der Waals surface area contributed by atoms with E-state index in [1.807, 2.05) is 0 Å². The summed E-state index contributed by atoms with van der Waals surface area (Å²) in [7, 11) is 0. The maximum absolute atomic E-state index is 4.07. The highest BCUT2D eigenvalue weighted by molar-refractivity contribution is 5.82. The number of rotatable bonds is 0. The van der Waals surface area contributed by atoms with Crippen LogP contribution in [-0.4, -0.2) is 0 Å². The predicted octanol–water partition coefficient (Wildman–Crippen LogP) is 14.1. The second-order valence-electron chi connectivity index (χ2n) is 20.7. The molecule has 0 fully saturated rings. The fourth-order valence-electron chi connectivity index (χ4n) is 12.4. The Balaban J connectivity index is 1.10. The molecule has 6 aliphatic carbocycles. The molecule has 0 atom stereocenters. The lowest BCUT2D eigenvalue weighted by molar-refractivity contribution is 0.548. The van der Waals surface area contributed by atoms with Crippen LogP contribution in [0.2, 0.25) is 0 Å². The van der Waals surface area contributed by atoms with E-state index >= 15 is 0 Å². The molecule has 0 unspecified atom stereocenters. The van der Waals surface area contributed by atoms with Crippen molar-refractivity contribution in [2.75, 3.05) is 0 Å². The van der Waals surface area contributed by atoms with Crippen LogP contribution in [-0.2, 0) is 21.7 Å². The van der Waals surface area contributed by atoms with E-state index in [1.54, 1.807) is 0 Å². The molecule has 7 aromatic carbocycles. The second kappa shape index (κ2) is 13.1. The van der Waals surface area contributed by atoms with Gasteiger partial charge >= 0.3 is 0 Å². The van der Waals surface area contributed by atoms with E-state index in [-0.39, 0.29) is 10.8 Å². The summed E-state index contributed by atoms with van der Waals surface area (Å²) in [4.78, 5) is 0. The van der Waals surface area contributed by atoms with Crippen LogP contribution in [0.3, 0.4) is 0 Å². The molecule has 0 aliphatic heterocycles. The Morgan fingerprint density at radius 1 is 0.250 bits per heavy atom. The van der Waals surface area contributed by atoms with E-state index < -0.39 is 10.8 Å². The third-order valence-corrected chi connectivity index (χ3v) is 17.1. The monoisotopic (exact) mass is 826 g/mol. The first-order valence-corrected chi connectivity index (χ1v) is 23.2. The molecule has 0 nitrogen and oxygen atoms in total. The fraction of sp³-hybridized carbons (Fsp3) is 0.281. The van der Waals surface area contributed by atoms with Crippen LogP contribution in [0.15, 0.2) is 97.1 Å². The SMILES string of the molecule is Cc1cc2c(cc1C)C1(C#Cc3ccc(C#CC45c6cc(C)c(C)cc6C(C)(c6cc(C)c(C)cc64)c4cc(C)c(C)cc45)cc3)c3cc(C)c(C)cc3C2(C)c2cc(C)c(C)cc21. The van der Waals surface area contributed by atoms with Gasteiger partial charge in [0.2, 0.25) is 0 Å². The van der Waals surface area contributed by atoms with E-state index in [0.29, 0.717) is 0 Å². The van der Waals surface area contributed by atoms with E-state index in [9.17, 15) is 0 Å². The van der Waals surface area contributed by atoms with Gasteiger partial charge in [-0.3, -0.25) is 0 Å². The van der Waals surface area contributed by atoms with Gasteiger partial charge in [-0.05, 0) is 255 Å². The van der Waals surface area contributed by atoms with Gasteiger partial charge in [-0.2, -0.15) is 0 Å². The summed E-state index contributed by atoms with van der Waals surface area (Å²) in [6.45, 7) is 32.0. The van der Waals surface area contributed by atoms with Crippen molar-refractivity contribution >= 4 is 0 Å². The zero-order chi connectivity index (χ0) is 45.2. The zero-order valence-electron chi connectivity index (χ0n) is 40.2. The molecular weight excluding hydrogens is 769 g/mol. The molecule has 64 heavy (non-hydrogen) atoms. The maximum atomic E-state index is 4.07. The minimum Gasteiger partial charge on any atom is -0.0764 e. The zero-order valence-corrected chi connectivity index (χ0v) is 40.2. The summed E-state index contributed by atoms with van der Waals surface area (Å²) >= 11 is 0. The molecule has 0 N–H and O–H groups in total. The molecule has 0 aromatic heterocycles. The van der Waals surface area contributed by atoms with Gasteiger partial charge in [0.05, 0.1) is 0 Å². The third-order valence-electron chi connectivity index (χ3n) is 17.1. The van der Waals surface area contributed by atoms with Crippen molar-refractivity contribution in [1.82, 2.24) is 0 Å². The van der Waals surface area contributed by atoms with Crippen LogP contribution < -0.4 is 0 Å². The van der Waals surface area contributed by atoms with Crippen LogP contribution in [0.5, 0.6) is 0 Å². The number of hydrogen-bond donors (Lipinski definition) is 0. The van der Waals surface area contributed by atoms with Gasteiger partial charge in [-0.1, -0.05) is 96.5 Å². The molecule has 0 amide bonds. The van der Waals surface area contributed by atoms with Crippen LogP contribution in [0, 0.1) is 107 Å². The molecule has 6 aliphatic rings. The van der Waals surface area contributed by atoms with Gasteiger partial charge < -0.3 is 0 Å². The Morgan fingerprint density at radius 3 is 0.578 bits per heavy atom. The van der Waals surface area contributed by atoms with Crippen molar-refractivity contribution in [2.24, 2.45) is 0 Å². The summed E-state index contributed by atoms with van der Waals surface area (Å²) in [6.07, 6.45) is 0. The molecule has 0 saturated heterocycles. The van der Waals surface area contributed by atoms with Crippen LogP contribution in [0.25, 0.3) is 0 Å². The molecule has 0 radical (unpaired) electrons. The Hall–Kier alpha value is -6.34. The molecule has 0 spiro atoms. The largest absolute Gasteiger partial charge is 0.107 e. The first-order valence-electron chi connectivity index (χ1n) is 23.2. The van der Waals surface area contributed by atoms with E-state index in [4.69, 9.17) is 0 Å². The smallest absolute Gasteiger partial charge is 0.0764 e. The summed E-state index contributed by atoms with van der Waals surface area (Å²) < 4.78 is 0. The topological polar surface area (TPSA) is 0 Å². The van der Waals surface area contributed by atoms with Gasteiger partial charge in [-0.15, -0.1) is 0 Å². The van der Waals surface area contributed by atoms with Crippen molar-refractivity contribution in [3.8, 4) is 23.7 Å². The lowest BCUT2D eigenvalue weighted by atomic mass is 9.47. The number of benzene rings is 7. The summed E-state index contributed by atoms with van der Waals surface area (Å²) in [5.41, 5.74) is 32.3. The highest BCUT2D eigenvalue weighted by Crippen LogP contribution is 2.64. The highest BCUT2D eigenvalue weighted by atomic mass is 14.6. The second-order valence-corrected chi connectivity index (χ2v) is 20.7. The maximum Gasteiger partial charge on any atom is 0.107 e. The van der Waals surface area contributed by atoms with Gasteiger partial charge in [0, 0.05) is 22.0 Å². The van der Waals surface area contributed by atoms with Gasteiger partial charge in [0.25, 0.3) is 0 Å². The van der Waals surface area contributed by atoms with Crippen molar-refractivity contribution in [1.29, 1.82) is 0 Å². The molecule has 0 heteroatoms. The average molecular weight is 827 g/mol. The van der Waals surface area contributed by atoms with Crippen molar-refractivity contribution in [3.63, 3.8) is 0 Å². The van der Waals surface area contributed by atoms with E-state index in [0.717, 1.165) is 11.1 Å². The third kappa shape index (κ3) is 4.93. The molecule has 0 heterocycles. The molecule has 314 valence electrons. The number of aryl methyl sites for hydroxylation is 12. The van der Waals surface area contributed by atoms with Crippen LogP contribution in [0.1, 0.15) is 158 Å². The van der Waals surface area contributed by atoms with Crippen molar-refractivity contribution in [2.45, 2.75) is 119 Å². The summed E-state index contributed by atoms with van der Waals surface area (Å²) in [5.74, 6) is 15.7. The molecular formula is C64H58. The molecule has 7 aromatic rings. The normalized spacial score (nSPS) is 22.2. The molecule has 13 rings (SSSR count). The quantitative estimate of drug-likeness (QED) is 0.134. The van der Waals surface area contributed by atoms with Gasteiger partial charge in [-0.25, -0.2) is 0 Å². The first-order chi connectivity index (χ1) is 30.3. The number of hydrogen-bond acceptors (Lipinski definition) is 0. The van der Waals surface area contributed by atoms with E-state index in [2.05, 4.69) is 218 Å². The lowest BCUT2D eigenvalue weighted by Crippen LogP contribution is -2.49.